The maximum atomic E-state index is 10.8. The molecule has 3 N–H and O–H groups in total. The van der Waals surface area contributed by atoms with Crippen LogP contribution in [0.15, 0.2) is 41.9 Å². The van der Waals surface area contributed by atoms with Gasteiger partial charge in [0.15, 0.2) is 11.9 Å². The van der Waals surface area contributed by atoms with Gasteiger partial charge in [-0.15, -0.1) is 0 Å². The van der Waals surface area contributed by atoms with Crippen molar-refractivity contribution in [2.75, 3.05) is 13.2 Å². The molecule has 124 valence electrons. The Hall–Kier alpha value is -2.56. The van der Waals surface area contributed by atoms with Gasteiger partial charge in [0.1, 0.15) is 6.10 Å². The van der Waals surface area contributed by atoms with Crippen LogP contribution in [-0.4, -0.2) is 46.7 Å². The fourth-order valence-corrected chi connectivity index (χ4v) is 1.68. The second kappa shape index (κ2) is 9.46. The molecule has 7 nitrogen and oxygen atoms in total. The van der Waals surface area contributed by atoms with Crippen molar-refractivity contribution in [1.29, 1.82) is 0 Å². The highest BCUT2D eigenvalue weighted by atomic mass is 16.6. The van der Waals surface area contributed by atoms with E-state index in [1.807, 2.05) is 37.3 Å². The van der Waals surface area contributed by atoms with E-state index in [4.69, 9.17) is 16.4 Å². The van der Waals surface area contributed by atoms with Crippen LogP contribution in [0.25, 0.3) is 4.85 Å². The van der Waals surface area contributed by atoms with Gasteiger partial charge in [0.25, 0.3) is 6.57 Å². The normalized spacial score (nSPS) is 17.8. The third kappa shape index (κ3) is 5.62. The molecule has 2 atom stereocenters. The minimum Gasteiger partial charge on any atom is -0.505 e. The molecule has 1 heterocycles. The van der Waals surface area contributed by atoms with Gasteiger partial charge in [-0.3, -0.25) is 0 Å². The summed E-state index contributed by atoms with van der Waals surface area (Å²) in [4.78, 5) is 14.3. The molecule has 0 saturated carbocycles. The van der Waals surface area contributed by atoms with Gasteiger partial charge < -0.3 is 24.8 Å². The molecule has 0 amide bonds. The van der Waals surface area contributed by atoms with E-state index in [2.05, 4.69) is 9.58 Å². The first-order valence-electron chi connectivity index (χ1n) is 7.06. The fraction of sp³-hybridized carbons (Fsp3) is 0.375. The number of aliphatic hydroxyl groups excluding tert-OH is 3. The number of nitrogens with zero attached hydrogens (tertiary/aromatic N) is 1. The largest absolute Gasteiger partial charge is 0.505 e. The summed E-state index contributed by atoms with van der Waals surface area (Å²) < 4.78 is 9.55. The van der Waals surface area contributed by atoms with E-state index in [1.165, 1.54) is 0 Å². The van der Waals surface area contributed by atoms with Crippen LogP contribution in [0.3, 0.4) is 0 Å². The van der Waals surface area contributed by atoms with Gasteiger partial charge >= 0.3 is 11.7 Å². The summed E-state index contributed by atoms with van der Waals surface area (Å²) >= 11 is 0. The Balaban J connectivity index is 0.000000277. The van der Waals surface area contributed by atoms with Gasteiger partial charge in [-0.25, -0.2) is 4.79 Å². The lowest BCUT2D eigenvalue weighted by Crippen LogP contribution is -2.32. The van der Waals surface area contributed by atoms with Gasteiger partial charge in [-0.2, -0.15) is 0 Å². The van der Waals surface area contributed by atoms with Crippen molar-refractivity contribution in [3.05, 3.63) is 46.7 Å². The van der Waals surface area contributed by atoms with Crippen molar-refractivity contribution in [3.63, 3.8) is 0 Å². The van der Waals surface area contributed by atoms with E-state index in [0.717, 1.165) is 12.1 Å². The molecule has 0 fully saturated rings. The number of cyclic esters (lactones) is 1. The molecule has 0 spiro atoms. The lowest BCUT2D eigenvalue weighted by molar-refractivity contribution is -0.148. The summed E-state index contributed by atoms with van der Waals surface area (Å²) in [6.45, 7) is 7.28. The van der Waals surface area contributed by atoms with Gasteiger partial charge in [0, 0.05) is 18.7 Å². The Morgan fingerprint density at radius 3 is 2.43 bits per heavy atom. The lowest BCUT2D eigenvalue weighted by atomic mass is 10.2. The number of carbonyl (C=O) groups excluding carboxylic acids is 1. The van der Waals surface area contributed by atoms with Crippen LogP contribution in [0, 0.1) is 6.57 Å². The second-order valence-electron chi connectivity index (χ2n) is 4.67. The molecule has 0 saturated heterocycles. The molecule has 1 aromatic carbocycles. The van der Waals surface area contributed by atoms with Crippen molar-refractivity contribution in [1.82, 2.24) is 0 Å². The quantitative estimate of drug-likeness (QED) is 0.568. The number of esters is 1. The third-order valence-corrected chi connectivity index (χ3v) is 2.83. The molecule has 23 heavy (non-hydrogen) atoms. The first kappa shape index (κ1) is 18.5. The summed E-state index contributed by atoms with van der Waals surface area (Å²) in [6.07, 6.45) is -1.61. The van der Waals surface area contributed by atoms with Crippen molar-refractivity contribution < 1.29 is 29.6 Å². The molecular formula is C16H20NO6+. The van der Waals surface area contributed by atoms with Crippen molar-refractivity contribution in [3.8, 4) is 6.57 Å². The number of ether oxygens (including phenoxy) is 2. The van der Waals surface area contributed by atoms with Crippen molar-refractivity contribution in [2.24, 2.45) is 0 Å². The molecule has 0 radical (unpaired) electrons. The van der Waals surface area contributed by atoms with Crippen molar-refractivity contribution in [2.45, 2.75) is 25.6 Å². The number of aliphatic hydroxyl groups is 3. The highest BCUT2D eigenvalue weighted by molar-refractivity contribution is 5.89. The van der Waals surface area contributed by atoms with Gasteiger partial charge in [-0.1, -0.05) is 25.1 Å². The van der Waals surface area contributed by atoms with E-state index < -0.39 is 29.7 Å². The molecule has 1 aliphatic rings. The van der Waals surface area contributed by atoms with E-state index in [0.29, 0.717) is 6.61 Å². The molecule has 0 aliphatic carbocycles. The summed E-state index contributed by atoms with van der Waals surface area (Å²) in [5.74, 6) is -2.53. The highest BCUT2D eigenvalue weighted by Crippen LogP contribution is 2.21. The molecule has 7 heteroatoms. The zero-order valence-corrected chi connectivity index (χ0v) is 12.8. The average Bonchev–Trinajstić information content (AvgIpc) is 2.84. The smallest absolute Gasteiger partial charge is 0.377 e. The third-order valence-electron chi connectivity index (χ3n) is 2.83. The molecule has 0 bridgehead atoms. The minimum absolute atomic E-state index is 0.0663. The summed E-state index contributed by atoms with van der Waals surface area (Å²) in [5.41, 5.74) is 0.813. The molecule has 2 unspecified atom stereocenters. The first-order chi connectivity index (χ1) is 11.0. The Morgan fingerprint density at radius 2 is 2.00 bits per heavy atom. The van der Waals surface area contributed by atoms with Crippen LogP contribution >= 0.6 is 0 Å². The number of rotatable bonds is 5. The number of hydrogen-bond acceptors (Lipinski definition) is 6. The Labute approximate surface area is 134 Å². The van der Waals surface area contributed by atoms with E-state index in [9.17, 15) is 15.0 Å². The van der Waals surface area contributed by atoms with E-state index >= 15 is 0 Å². The van der Waals surface area contributed by atoms with Crippen LogP contribution in [0.2, 0.25) is 0 Å². The maximum Gasteiger partial charge on any atom is 0.377 e. The lowest BCUT2D eigenvalue weighted by Gasteiger charge is -2.16. The van der Waals surface area contributed by atoms with Gasteiger partial charge in [0.05, 0.1) is 6.61 Å². The summed E-state index contributed by atoms with van der Waals surface area (Å²) in [6, 6.07) is 9.41. The Morgan fingerprint density at radius 1 is 1.35 bits per heavy atom. The zero-order valence-electron chi connectivity index (χ0n) is 12.8. The van der Waals surface area contributed by atoms with Crippen LogP contribution < -0.4 is 0 Å². The number of carbonyl (C=O) groups is 1. The Kier molecular flexibility index (Phi) is 7.60. The first-order valence-corrected chi connectivity index (χ1v) is 7.06. The summed E-state index contributed by atoms with van der Waals surface area (Å²) in [7, 11) is 0. The van der Waals surface area contributed by atoms with Crippen LogP contribution in [0.1, 0.15) is 13.3 Å². The SMILES string of the molecule is C#[N+]c1ccccc1.CCCOCC(O)C1OC(=O)C(O)=C1O. The van der Waals surface area contributed by atoms with Crippen molar-refractivity contribution >= 4 is 11.7 Å². The molecular weight excluding hydrogens is 302 g/mol. The average molecular weight is 322 g/mol. The van der Waals surface area contributed by atoms with Crippen LogP contribution in [-0.2, 0) is 14.3 Å². The van der Waals surface area contributed by atoms with Crippen LogP contribution in [0.4, 0.5) is 5.69 Å². The van der Waals surface area contributed by atoms with Gasteiger partial charge in [-0.05, 0) is 11.3 Å². The molecule has 1 aliphatic heterocycles. The predicted molar refractivity (Wildman–Crippen MR) is 83.7 cm³/mol. The Bertz CT molecular complexity index is 578. The number of hydrogen-bond donors (Lipinski definition) is 3. The molecule has 0 aromatic heterocycles. The zero-order chi connectivity index (χ0) is 17.2. The van der Waals surface area contributed by atoms with E-state index in [1.54, 1.807) is 0 Å². The topological polar surface area (TPSA) is 101 Å². The second-order valence-corrected chi connectivity index (χ2v) is 4.67. The highest BCUT2D eigenvalue weighted by Gasteiger charge is 2.39. The monoisotopic (exact) mass is 322 g/mol. The predicted octanol–water partition coefficient (Wildman–Crippen LogP) is 2.31. The fourth-order valence-electron chi connectivity index (χ4n) is 1.68. The minimum atomic E-state index is -1.23. The van der Waals surface area contributed by atoms with Gasteiger partial charge in [0.2, 0.25) is 5.76 Å². The number of para-hydroxylation sites is 1. The van der Waals surface area contributed by atoms with E-state index in [-0.39, 0.29) is 6.61 Å². The standard InChI is InChI=1S/C9H14O6.C7H6N/c1-2-3-14-4-5(10)8-6(11)7(12)9(13)15-8;1-8-7-5-3-2-4-6-7/h5,8,10-12H,2-4H2,1H3;1-6H/q;+1. The number of benzene rings is 1. The summed E-state index contributed by atoms with van der Waals surface area (Å²) in [5, 5.41) is 27.7. The molecule has 2 rings (SSSR count). The van der Waals surface area contributed by atoms with Crippen LogP contribution in [0.5, 0.6) is 0 Å². The maximum absolute atomic E-state index is 10.8. The molecule has 1 aromatic rings.